The number of cyclic esters (lactones) is 1. The normalized spacial score (nSPS) is 25.9. The van der Waals surface area contributed by atoms with Crippen LogP contribution in [0.5, 0.6) is 11.5 Å². The molecule has 2 aliphatic rings. The summed E-state index contributed by atoms with van der Waals surface area (Å²) in [5, 5.41) is 2.68. The maximum atomic E-state index is 13.5. The number of esters is 1. The van der Waals surface area contributed by atoms with Gasteiger partial charge in [-0.2, -0.15) is 0 Å². The van der Waals surface area contributed by atoms with E-state index in [0.717, 1.165) is 0 Å². The molecule has 1 fully saturated rings. The molecule has 1 amide bonds. The number of ketones is 1. The Hall–Kier alpha value is -3.21. The third kappa shape index (κ3) is 7.66. The van der Waals surface area contributed by atoms with Gasteiger partial charge in [0.05, 0.1) is 12.6 Å². The summed E-state index contributed by atoms with van der Waals surface area (Å²) in [6.07, 6.45) is 5.17. The van der Waals surface area contributed by atoms with Crippen LogP contribution in [0.15, 0.2) is 30.4 Å². The topological polar surface area (TPSA) is 119 Å². The number of amides is 1. The standard InChI is InChI=1S/C28H37NO9/c1-17-10-11-21(31)26-24(37-28(4,5)38-26)9-7-8-20-22(34-15-14-29-19(3)30)12-13-23(35-16-33-6)25(20)27(32)36-18(17)2/h7-8,10-13,17-18,24,26H,9,14-16H2,1-6H3,(H,29,30)/b8-7?,11-10-/t17-,18+,24+,26-/m1/s1. The lowest BCUT2D eigenvalue weighted by atomic mass is 9.99. The Morgan fingerprint density at radius 3 is 2.55 bits per heavy atom. The average molecular weight is 532 g/mol. The van der Waals surface area contributed by atoms with Crippen LogP contribution < -0.4 is 14.8 Å². The van der Waals surface area contributed by atoms with Gasteiger partial charge in [-0.3, -0.25) is 9.59 Å². The largest absolute Gasteiger partial charge is 0.491 e. The molecule has 0 aliphatic carbocycles. The van der Waals surface area contributed by atoms with Crippen LogP contribution >= 0.6 is 0 Å². The van der Waals surface area contributed by atoms with E-state index in [2.05, 4.69) is 5.32 Å². The van der Waals surface area contributed by atoms with Crippen LogP contribution in [0.1, 0.15) is 57.0 Å². The highest BCUT2D eigenvalue weighted by Gasteiger charge is 2.43. The quantitative estimate of drug-likeness (QED) is 0.321. The molecule has 1 N–H and O–H groups in total. The third-order valence-corrected chi connectivity index (χ3v) is 6.15. The van der Waals surface area contributed by atoms with Crippen LogP contribution in [0.25, 0.3) is 6.08 Å². The van der Waals surface area contributed by atoms with Crippen LogP contribution in [0.2, 0.25) is 0 Å². The molecule has 38 heavy (non-hydrogen) atoms. The van der Waals surface area contributed by atoms with Crippen LogP contribution in [-0.4, -0.2) is 68.8 Å². The van der Waals surface area contributed by atoms with Crippen molar-refractivity contribution in [3.05, 3.63) is 41.5 Å². The Bertz CT molecular complexity index is 1080. The van der Waals surface area contributed by atoms with Crippen LogP contribution in [0, 0.1) is 5.92 Å². The van der Waals surface area contributed by atoms with E-state index >= 15 is 0 Å². The van der Waals surface area contributed by atoms with Crippen molar-refractivity contribution >= 4 is 23.7 Å². The van der Waals surface area contributed by atoms with Crippen molar-refractivity contribution in [3.8, 4) is 11.5 Å². The summed E-state index contributed by atoms with van der Waals surface area (Å²) in [7, 11) is 1.48. The Morgan fingerprint density at radius 1 is 1.11 bits per heavy atom. The fourth-order valence-corrected chi connectivity index (χ4v) is 4.11. The van der Waals surface area contributed by atoms with Crippen LogP contribution in [0.3, 0.4) is 0 Å². The van der Waals surface area contributed by atoms with Crippen molar-refractivity contribution in [1.29, 1.82) is 0 Å². The summed E-state index contributed by atoms with van der Waals surface area (Å²) >= 11 is 0. The maximum absolute atomic E-state index is 13.5. The molecule has 2 aliphatic heterocycles. The zero-order valence-electron chi connectivity index (χ0n) is 22.8. The van der Waals surface area contributed by atoms with Crippen molar-refractivity contribution in [2.24, 2.45) is 5.92 Å². The molecule has 0 unspecified atom stereocenters. The highest BCUT2D eigenvalue weighted by molar-refractivity contribution is 5.98. The number of methoxy groups -OCH3 is 1. The highest BCUT2D eigenvalue weighted by Crippen LogP contribution is 2.35. The minimum absolute atomic E-state index is 0.0764. The van der Waals surface area contributed by atoms with Gasteiger partial charge in [0.2, 0.25) is 5.91 Å². The first kappa shape index (κ1) is 29.3. The molecule has 2 heterocycles. The first-order valence-electron chi connectivity index (χ1n) is 12.6. The van der Waals surface area contributed by atoms with Gasteiger partial charge in [0, 0.05) is 25.5 Å². The van der Waals surface area contributed by atoms with Crippen molar-refractivity contribution in [2.45, 2.75) is 65.1 Å². The number of rotatable bonds is 7. The van der Waals surface area contributed by atoms with Gasteiger partial charge in [-0.1, -0.05) is 25.2 Å². The zero-order chi connectivity index (χ0) is 27.9. The van der Waals surface area contributed by atoms with Gasteiger partial charge in [0.15, 0.2) is 18.4 Å². The van der Waals surface area contributed by atoms with E-state index in [0.29, 0.717) is 17.7 Å². The van der Waals surface area contributed by atoms with Crippen molar-refractivity contribution < 1.29 is 42.8 Å². The second kappa shape index (κ2) is 13.0. The fraction of sp³-hybridized carbons (Fsp3) is 0.536. The first-order valence-corrected chi connectivity index (χ1v) is 12.6. The van der Waals surface area contributed by atoms with E-state index in [1.54, 1.807) is 51.1 Å². The second-order valence-corrected chi connectivity index (χ2v) is 9.70. The SMILES string of the molecule is COCOc1ccc(OCCNC(C)=O)c2c1C(=O)O[C@@H](C)[C@H](C)/C=C\C(=O)[C@H]1OC(C)(C)O[C@H]1CC=C2. The molecule has 4 atom stereocenters. The molecule has 10 heteroatoms. The number of benzene rings is 1. The van der Waals surface area contributed by atoms with Crippen LogP contribution in [0.4, 0.5) is 0 Å². The maximum Gasteiger partial charge on any atom is 0.342 e. The van der Waals surface area contributed by atoms with E-state index < -0.39 is 30.1 Å². The van der Waals surface area contributed by atoms with Gasteiger partial charge in [0.25, 0.3) is 0 Å². The highest BCUT2D eigenvalue weighted by atomic mass is 16.8. The number of hydrogen-bond acceptors (Lipinski definition) is 9. The Labute approximate surface area is 223 Å². The molecule has 1 saturated heterocycles. The van der Waals surface area contributed by atoms with E-state index in [1.807, 2.05) is 6.92 Å². The molecule has 0 radical (unpaired) electrons. The summed E-state index contributed by atoms with van der Waals surface area (Å²) in [6, 6.07) is 3.29. The predicted molar refractivity (Wildman–Crippen MR) is 139 cm³/mol. The van der Waals surface area contributed by atoms with E-state index in [-0.39, 0.29) is 48.9 Å². The first-order chi connectivity index (χ1) is 18.0. The van der Waals surface area contributed by atoms with Gasteiger partial charge in [-0.15, -0.1) is 0 Å². The molecule has 10 nitrogen and oxygen atoms in total. The summed E-state index contributed by atoms with van der Waals surface area (Å²) in [5.41, 5.74) is 0.604. The molecule has 3 rings (SSSR count). The molecule has 0 saturated carbocycles. The second-order valence-electron chi connectivity index (χ2n) is 9.70. The molecular formula is C28H37NO9. The number of ether oxygens (including phenoxy) is 6. The summed E-state index contributed by atoms with van der Waals surface area (Å²) in [5.74, 6) is -1.52. The number of carbonyl (C=O) groups excluding carboxylic acids is 3. The third-order valence-electron chi connectivity index (χ3n) is 6.15. The smallest absolute Gasteiger partial charge is 0.342 e. The van der Waals surface area contributed by atoms with Crippen molar-refractivity contribution in [1.82, 2.24) is 5.32 Å². The Morgan fingerprint density at radius 2 is 1.84 bits per heavy atom. The predicted octanol–water partition coefficient (Wildman–Crippen LogP) is 3.43. The lowest BCUT2D eigenvalue weighted by molar-refractivity contribution is -0.152. The molecular weight excluding hydrogens is 494 g/mol. The minimum Gasteiger partial charge on any atom is -0.491 e. The van der Waals surface area contributed by atoms with Crippen molar-refractivity contribution in [3.63, 3.8) is 0 Å². The summed E-state index contributed by atoms with van der Waals surface area (Å²) in [6.45, 7) is 8.94. The molecule has 1 aromatic carbocycles. The zero-order valence-corrected chi connectivity index (χ0v) is 22.8. The molecule has 1 aromatic rings. The number of hydrogen-bond donors (Lipinski definition) is 1. The monoisotopic (exact) mass is 531 g/mol. The Balaban J connectivity index is 2.06. The van der Waals surface area contributed by atoms with Gasteiger partial charge in [-0.25, -0.2) is 4.79 Å². The van der Waals surface area contributed by atoms with E-state index in [1.165, 1.54) is 20.1 Å². The molecule has 0 aromatic heterocycles. The lowest BCUT2D eigenvalue weighted by Crippen LogP contribution is -2.30. The fourth-order valence-electron chi connectivity index (χ4n) is 4.11. The molecule has 208 valence electrons. The minimum atomic E-state index is -0.921. The van der Waals surface area contributed by atoms with Crippen LogP contribution in [-0.2, 0) is 28.5 Å². The molecule has 0 bridgehead atoms. The van der Waals surface area contributed by atoms with Gasteiger partial charge >= 0.3 is 5.97 Å². The number of fused-ring (bicyclic) bond motifs is 2. The van der Waals surface area contributed by atoms with Gasteiger partial charge in [0.1, 0.15) is 35.9 Å². The molecule has 0 spiro atoms. The van der Waals surface area contributed by atoms with E-state index in [4.69, 9.17) is 28.4 Å². The average Bonchev–Trinajstić information content (AvgIpc) is 3.17. The lowest BCUT2D eigenvalue weighted by Gasteiger charge is -2.22. The Kier molecular flexibility index (Phi) is 10.1. The van der Waals surface area contributed by atoms with Crippen molar-refractivity contribution in [2.75, 3.05) is 27.1 Å². The summed E-state index contributed by atoms with van der Waals surface area (Å²) in [4.78, 5) is 37.7. The summed E-state index contributed by atoms with van der Waals surface area (Å²) < 4.78 is 34.4. The number of carbonyl (C=O) groups is 3. The van der Waals surface area contributed by atoms with Gasteiger partial charge < -0.3 is 33.7 Å². The van der Waals surface area contributed by atoms with Gasteiger partial charge in [-0.05, 0) is 45.4 Å². The van der Waals surface area contributed by atoms with E-state index in [9.17, 15) is 14.4 Å². The number of nitrogens with one attached hydrogen (secondary N) is 1.